The molecule has 106 valence electrons. The van der Waals surface area contributed by atoms with Crippen molar-refractivity contribution in [1.82, 2.24) is 0 Å². The minimum absolute atomic E-state index is 0.277. The van der Waals surface area contributed by atoms with E-state index in [4.69, 9.17) is 10.5 Å². The summed E-state index contributed by atoms with van der Waals surface area (Å²) in [6.45, 7) is 4.66. The van der Waals surface area contributed by atoms with Gasteiger partial charge in [-0.05, 0) is 43.0 Å². The number of nitrogens with two attached hydrogens (primary N) is 1. The summed E-state index contributed by atoms with van der Waals surface area (Å²) in [5.74, 6) is 0.886. The first kappa shape index (κ1) is 14.6. The summed E-state index contributed by atoms with van der Waals surface area (Å²) in [6.07, 6.45) is 1.85. The smallest absolute Gasteiger partial charge is 0.120 e. The lowest BCUT2D eigenvalue weighted by Gasteiger charge is -2.28. The minimum atomic E-state index is -0.277. The molecule has 0 aliphatic carbocycles. The summed E-state index contributed by atoms with van der Waals surface area (Å²) in [6, 6.07) is 18.8. The molecule has 1 atom stereocenters. The summed E-state index contributed by atoms with van der Waals surface area (Å²) in [4.78, 5) is 0. The van der Waals surface area contributed by atoms with Gasteiger partial charge in [0, 0.05) is 6.54 Å². The topological polar surface area (TPSA) is 35.2 Å². The molecule has 2 aromatic rings. The summed E-state index contributed by atoms with van der Waals surface area (Å²) in [5.41, 5.74) is 8.10. The lowest BCUT2D eigenvalue weighted by molar-refractivity contribution is 0.0935. The highest BCUT2D eigenvalue weighted by atomic mass is 16.5. The molecule has 2 aromatic carbocycles. The fourth-order valence-electron chi connectivity index (χ4n) is 2.05. The highest BCUT2D eigenvalue weighted by Crippen LogP contribution is 2.21. The first-order valence-corrected chi connectivity index (χ1v) is 7.17. The van der Waals surface area contributed by atoms with Crippen molar-refractivity contribution < 1.29 is 4.74 Å². The molecule has 0 fully saturated rings. The Bertz CT molecular complexity index is 515. The van der Waals surface area contributed by atoms with Crippen LogP contribution in [0.1, 0.15) is 31.4 Å². The van der Waals surface area contributed by atoms with Crippen molar-refractivity contribution in [2.75, 3.05) is 6.54 Å². The van der Waals surface area contributed by atoms with Gasteiger partial charge < -0.3 is 10.5 Å². The Morgan fingerprint density at radius 2 is 1.55 bits per heavy atom. The van der Waals surface area contributed by atoms with Crippen molar-refractivity contribution in [2.24, 2.45) is 5.73 Å². The predicted molar refractivity (Wildman–Crippen MR) is 84.1 cm³/mol. The Kier molecular flexibility index (Phi) is 4.80. The molecule has 0 aliphatic heterocycles. The SMILES string of the molecule is CCC(C)(CN)Oc1ccc(Cc2ccccc2)cc1. The van der Waals surface area contributed by atoms with Gasteiger partial charge >= 0.3 is 0 Å². The van der Waals surface area contributed by atoms with Crippen molar-refractivity contribution in [3.8, 4) is 5.75 Å². The standard InChI is InChI=1S/C18H23NO/c1-3-18(2,14-19)20-17-11-9-16(10-12-17)13-15-7-5-4-6-8-15/h4-12H,3,13-14,19H2,1-2H3. The molecule has 0 radical (unpaired) electrons. The van der Waals surface area contributed by atoms with Gasteiger partial charge in [-0.3, -0.25) is 0 Å². The van der Waals surface area contributed by atoms with Crippen molar-refractivity contribution in [3.63, 3.8) is 0 Å². The summed E-state index contributed by atoms with van der Waals surface area (Å²) >= 11 is 0. The lowest BCUT2D eigenvalue weighted by atomic mass is 10.0. The maximum Gasteiger partial charge on any atom is 0.120 e. The van der Waals surface area contributed by atoms with Gasteiger partial charge in [-0.2, -0.15) is 0 Å². The van der Waals surface area contributed by atoms with E-state index < -0.39 is 0 Å². The molecule has 0 saturated carbocycles. The third kappa shape index (κ3) is 3.84. The molecular weight excluding hydrogens is 246 g/mol. The first-order chi connectivity index (χ1) is 9.65. The van der Waals surface area contributed by atoms with E-state index in [9.17, 15) is 0 Å². The van der Waals surface area contributed by atoms with Crippen LogP contribution < -0.4 is 10.5 Å². The van der Waals surface area contributed by atoms with E-state index in [2.05, 4.69) is 43.3 Å². The molecule has 0 aliphatic rings. The van der Waals surface area contributed by atoms with E-state index in [1.54, 1.807) is 0 Å². The van der Waals surface area contributed by atoms with Crippen LogP contribution in [0.5, 0.6) is 5.75 Å². The number of benzene rings is 2. The van der Waals surface area contributed by atoms with Crippen LogP contribution in [-0.2, 0) is 6.42 Å². The van der Waals surface area contributed by atoms with Crippen LogP contribution >= 0.6 is 0 Å². The molecule has 0 bridgehead atoms. The molecule has 2 heteroatoms. The van der Waals surface area contributed by atoms with Crippen LogP contribution in [0, 0.1) is 0 Å². The minimum Gasteiger partial charge on any atom is -0.486 e. The number of rotatable bonds is 6. The Labute approximate surface area is 121 Å². The number of hydrogen-bond donors (Lipinski definition) is 1. The van der Waals surface area contributed by atoms with Gasteiger partial charge in [0.2, 0.25) is 0 Å². The highest BCUT2D eigenvalue weighted by molar-refractivity contribution is 5.31. The van der Waals surface area contributed by atoms with Crippen LogP contribution in [0.2, 0.25) is 0 Å². The Balaban J connectivity index is 2.03. The normalized spacial score (nSPS) is 13.8. The molecule has 2 N–H and O–H groups in total. The van der Waals surface area contributed by atoms with E-state index in [1.807, 2.05) is 25.1 Å². The third-order valence-corrected chi connectivity index (χ3v) is 3.72. The summed E-state index contributed by atoms with van der Waals surface area (Å²) in [5, 5.41) is 0. The molecule has 0 amide bonds. The zero-order valence-electron chi connectivity index (χ0n) is 12.3. The van der Waals surface area contributed by atoms with E-state index in [0.29, 0.717) is 6.54 Å². The fourth-order valence-corrected chi connectivity index (χ4v) is 2.05. The van der Waals surface area contributed by atoms with Crippen LogP contribution in [0.3, 0.4) is 0 Å². The maximum absolute atomic E-state index is 5.98. The van der Waals surface area contributed by atoms with E-state index >= 15 is 0 Å². The van der Waals surface area contributed by atoms with Crippen molar-refractivity contribution in [3.05, 3.63) is 65.7 Å². The first-order valence-electron chi connectivity index (χ1n) is 7.17. The molecule has 0 spiro atoms. The largest absolute Gasteiger partial charge is 0.486 e. The van der Waals surface area contributed by atoms with Gasteiger partial charge in [-0.15, -0.1) is 0 Å². The number of ether oxygens (including phenoxy) is 1. The molecule has 2 rings (SSSR count). The second-order valence-corrected chi connectivity index (χ2v) is 5.42. The number of hydrogen-bond acceptors (Lipinski definition) is 2. The molecule has 1 unspecified atom stereocenters. The van der Waals surface area contributed by atoms with Crippen LogP contribution in [0.25, 0.3) is 0 Å². The highest BCUT2D eigenvalue weighted by Gasteiger charge is 2.21. The average Bonchev–Trinajstić information content (AvgIpc) is 2.50. The molecule has 20 heavy (non-hydrogen) atoms. The third-order valence-electron chi connectivity index (χ3n) is 3.72. The van der Waals surface area contributed by atoms with E-state index in [0.717, 1.165) is 18.6 Å². The Morgan fingerprint density at radius 1 is 0.950 bits per heavy atom. The van der Waals surface area contributed by atoms with Crippen LogP contribution in [0.15, 0.2) is 54.6 Å². The summed E-state index contributed by atoms with van der Waals surface area (Å²) < 4.78 is 5.98. The van der Waals surface area contributed by atoms with Crippen LogP contribution in [0.4, 0.5) is 0 Å². The van der Waals surface area contributed by atoms with Crippen LogP contribution in [-0.4, -0.2) is 12.1 Å². The Morgan fingerprint density at radius 3 is 2.10 bits per heavy atom. The molecule has 0 aromatic heterocycles. The van der Waals surface area contributed by atoms with E-state index in [-0.39, 0.29) is 5.60 Å². The predicted octanol–water partition coefficient (Wildman–Crippen LogP) is 3.78. The van der Waals surface area contributed by atoms with Crippen molar-refractivity contribution >= 4 is 0 Å². The Hall–Kier alpha value is -1.80. The van der Waals surface area contributed by atoms with Gasteiger partial charge in [-0.25, -0.2) is 0 Å². The van der Waals surface area contributed by atoms with Crippen molar-refractivity contribution in [1.29, 1.82) is 0 Å². The zero-order valence-corrected chi connectivity index (χ0v) is 12.3. The maximum atomic E-state index is 5.98. The monoisotopic (exact) mass is 269 g/mol. The molecule has 0 saturated heterocycles. The van der Waals surface area contributed by atoms with Gasteiger partial charge in [-0.1, -0.05) is 49.4 Å². The zero-order chi connectivity index (χ0) is 14.4. The van der Waals surface area contributed by atoms with Gasteiger partial charge in [0.25, 0.3) is 0 Å². The quantitative estimate of drug-likeness (QED) is 0.866. The molecule has 2 nitrogen and oxygen atoms in total. The molecular formula is C18H23NO. The second-order valence-electron chi connectivity index (χ2n) is 5.42. The van der Waals surface area contributed by atoms with E-state index in [1.165, 1.54) is 11.1 Å². The average molecular weight is 269 g/mol. The summed E-state index contributed by atoms with van der Waals surface area (Å²) in [7, 11) is 0. The van der Waals surface area contributed by atoms with Crippen molar-refractivity contribution in [2.45, 2.75) is 32.3 Å². The van der Waals surface area contributed by atoms with Gasteiger partial charge in [0.15, 0.2) is 0 Å². The lowest BCUT2D eigenvalue weighted by Crippen LogP contribution is -2.39. The van der Waals surface area contributed by atoms with Gasteiger partial charge in [0.1, 0.15) is 11.4 Å². The molecule has 0 heterocycles. The second kappa shape index (κ2) is 6.58. The fraction of sp³-hybridized carbons (Fsp3) is 0.333. The van der Waals surface area contributed by atoms with Gasteiger partial charge in [0.05, 0.1) is 0 Å².